The number of halogens is 2. The monoisotopic (exact) mass is 416 g/mol. The molecule has 0 aliphatic heterocycles. The molecule has 19 heavy (non-hydrogen) atoms. The summed E-state index contributed by atoms with van der Waals surface area (Å²) in [6, 6.07) is 1.30. The average molecular weight is 417 g/mol. The van der Waals surface area contributed by atoms with Gasteiger partial charge in [0.15, 0.2) is 0 Å². The molecule has 0 aromatic carbocycles. The number of hydrogen-bond donors (Lipinski definition) is 0. The summed E-state index contributed by atoms with van der Waals surface area (Å²) in [5.41, 5.74) is 0. The maximum Gasteiger partial charge on any atom is 0.150 e. The molecule has 0 amide bonds. The van der Waals surface area contributed by atoms with Crippen LogP contribution in [0.2, 0.25) is 19.1 Å². The Hall–Kier alpha value is 1.24. The third kappa shape index (κ3) is 19.2. The first-order valence-corrected chi connectivity index (χ1v) is 14.1. The van der Waals surface area contributed by atoms with Crippen LogP contribution >= 0.6 is 33.7 Å². The fourth-order valence-electron chi connectivity index (χ4n) is 2.41. The first-order chi connectivity index (χ1) is 9.06. The number of rotatable bonds is 14. The van der Waals surface area contributed by atoms with Gasteiger partial charge in [0.25, 0.3) is 0 Å². The van der Waals surface area contributed by atoms with E-state index < -0.39 is 7.38 Å². The lowest BCUT2D eigenvalue weighted by Gasteiger charge is -2.11. The fraction of sp³-hybridized carbons (Fsp3) is 1.00. The van der Waals surface area contributed by atoms with E-state index in [1.165, 1.54) is 87.5 Å². The molecule has 0 heterocycles. The summed E-state index contributed by atoms with van der Waals surface area (Å²) in [4.78, 5) is 0. The maximum absolute atomic E-state index is 6.31. The van der Waals surface area contributed by atoms with Crippen LogP contribution in [-0.4, -0.2) is 11.8 Å². The highest BCUT2D eigenvalue weighted by atomic mass is 127. The maximum atomic E-state index is 6.31. The standard InChI is InChI=1S/C16H34ClISi/c1-19(2,17)16-14-12-10-8-6-4-3-5-7-9-11-13-15-18/h3-16H2,1-2H3. The molecule has 0 aromatic rings. The molecule has 0 aliphatic rings. The van der Waals surface area contributed by atoms with Gasteiger partial charge in [-0.15, -0.1) is 0 Å². The number of alkyl halides is 1. The van der Waals surface area contributed by atoms with Gasteiger partial charge in [-0.25, -0.2) is 0 Å². The largest absolute Gasteiger partial charge is 0.168 e. The van der Waals surface area contributed by atoms with Crippen LogP contribution in [-0.2, 0) is 0 Å². The van der Waals surface area contributed by atoms with Crippen molar-refractivity contribution >= 4 is 41.1 Å². The van der Waals surface area contributed by atoms with Crippen molar-refractivity contribution in [3.63, 3.8) is 0 Å². The Kier molecular flexibility index (Phi) is 15.1. The third-order valence-corrected chi connectivity index (χ3v) is 6.53. The first kappa shape index (κ1) is 20.2. The van der Waals surface area contributed by atoms with E-state index in [0.717, 1.165) is 0 Å². The Morgan fingerprint density at radius 1 is 0.632 bits per heavy atom. The van der Waals surface area contributed by atoms with Crippen LogP contribution in [0.3, 0.4) is 0 Å². The second-order valence-electron chi connectivity index (χ2n) is 6.40. The van der Waals surface area contributed by atoms with Crippen molar-refractivity contribution < 1.29 is 0 Å². The minimum Gasteiger partial charge on any atom is -0.168 e. The Bertz CT molecular complexity index is 180. The van der Waals surface area contributed by atoms with Crippen molar-refractivity contribution in [2.45, 2.75) is 96.2 Å². The Balaban J connectivity index is 2.99. The van der Waals surface area contributed by atoms with Crippen molar-refractivity contribution in [2.24, 2.45) is 0 Å². The zero-order valence-corrected chi connectivity index (χ0v) is 17.1. The summed E-state index contributed by atoms with van der Waals surface area (Å²) < 4.78 is 1.33. The van der Waals surface area contributed by atoms with E-state index in [0.29, 0.717) is 0 Å². The fourth-order valence-corrected chi connectivity index (χ4v) is 4.44. The summed E-state index contributed by atoms with van der Waals surface area (Å²) in [7, 11) is -1.29. The summed E-state index contributed by atoms with van der Waals surface area (Å²) in [6.45, 7) is 4.52. The van der Waals surface area contributed by atoms with Crippen molar-refractivity contribution in [3.05, 3.63) is 0 Å². The zero-order valence-electron chi connectivity index (χ0n) is 13.2. The minimum atomic E-state index is -1.29. The van der Waals surface area contributed by atoms with Crippen LogP contribution in [0.25, 0.3) is 0 Å². The molecule has 0 saturated carbocycles. The molecule has 0 rings (SSSR count). The highest BCUT2D eigenvalue weighted by molar-refractivity contribution is 14.1. The van der Waals surface area contributed by atoms with Gasteiger partial charge >= 0.3 is 0 Å². The van der Waals surface area contributed by atoms with Crippen molar-refractivity contribution in [1.29, 1.82) is 0 Å². The van der Waals surface area contributed by atoms with Crippen molar-refractivity contribution in [1.82, 2.24) is 0 Å². The molecule has 0 aliphatic carbocycles. The highest BCUT2D eigenvalue weighted by Gasteiger charge is 2.15. The molecule has 0 N–H and O–H groups in total. The molecule has 0 unspecified atom stereocenters. The molecule has 0 atom stereocenters. The van der Waals surface area contributed by atoms with Crippen molar-refractivity contribution in [3.8, 4) is 0 Å². The SMILES string of the molecule is C[Si](C)(Cl)CCCCCCCCCCCCCCI. The van der Waals surface area contributed by atoms with Gasteiger partial charge in [-0.3, -0.25) is 0 Å². The second kappa shape index (κ2) is 14.2. The van der Waals surface area contributed by atoms with Gasteiger partial charge in [-0.2, -0.15) is 11.1 Å². The molecule has 0 nitrogen and oxygen atoms in total. The quantitative estimate of drug-likeness (QED) is 0.0901. The summed E-state index contributed by atoms with van der Waals surface area (Å²) >= 11 is 8.79. The predicted molar refractivity (Wildman–Crippen MR) is 102 cm³/mol. The van der Waals surface area contributed by atoms with Gasteiger partial charge in [0.1, 0.15) is 7.38 Å². The van der Waals surface area contributed by atoms with E-state index in [9.17, 15) is 0 Å². The summed E-state index contributed by atoms with van der Waals surface area (Å²) in [6.07, 6.45) is 17.3. The summed E-state index contributed by atoms with van der Waals surface area (Å²) in [5.74, 6) is 0. The van der Waals surface area contributed by atoms with E-state index >= 15 is 0 Å². The van der Waals surface area contributed by atoms with Gasteiger partial charge in [0.2, 0.25) is 0 Å². The predicted octanol–water partition coefficient (Wildman–Crippen LogP) is 7.55. The van der Waals surface area contributed by atoms with Crippen LogP contribution in [0.15, 0.2) is 0 Å². The lowest BCUT2D eigenvalue weighted by Crippen LogP contribution is -2.14. The smallest absolute Gasteiger partial charge is 0.150 e. The van der Waals surface area contributed by atoms with Crippen LogP contribution in [0.5, 0.6) is 0 Å². The molecular formula is C16H34ClISi. The molecular weight excluding hydrogens is 383 g/mol. The zero-order chi connectivity index (χ0) is 14.4. The lowest BCUT2D eigenvalue weighted by molar-refractivity contribution is 0.548. The Morgan fingerprint density at radius 2 is 0.947 bits per heavy atom. The van der Waals surface area contributed by atoms with Gasteiger partial charge in [-0.05, 0) is 16.9 Å². The van der Waals surface area contributed by atoms with Crippen LogP contribution in [0.1, 0.15) is 77.0 Å². The van der Waals surface area contributed by atoms with E-state index in [4.69, 9.17) is 11.1 Å². The Labute approximate surface area is 141 Å². The second-order valence-corrected chi connectivity index (χ2v) is 14.5. The van der Waals surface area contributed by atoms with E-state index in [1.807, 2.05) is 0 Å². The average Bonchev–Trinajstić information content (AvgIpc) is 2.34. The first-order valence-electron chi connectivity index (χ1n) is 8.31. The molecule has 116 valence electrons. The van der Waals surface area contributed by atoms with Crippen LogP contribution < -0.4 is 0 Å². The van der Waals surface area contributed by atoms with E-state index in [1.54, 1.807) is 0 Å². The molecule has 0 bridgehead atoms. The molecule has 0 fully saturated rings. The molecule has 0 aromatic heterocycles. The Morgan fingerprint density at radius 3 is 1.26 bits per heavy atom. The molecule has 3 heteroatoms. The van der Waals surface area contributed by atoms with Crippen LogP contribution in [0.4, 0.5) is 0 Å². The van der Waals surface area contributed by atoms with Gasteiger partial charge in [0, 0.05) is 0 Å². The topological polar surface area (TPSA) is 0 Å². The van der Waals surface area contributed by atoms with Gasteiger partial charge in [-0.1, -0.05) is 106 Å². The molecule has 0 saturated heterocycles. The number of unbranched alkanes of at least 4 members (excludes halogenated alkanes) is 11. The van der Waals surface area contributed by atoms with E-state index in [2.05, 4.69) is 35.7 Å². The molecule has 0 spiro atoms. The van der Waals surface area contributed by atoms with Gasteiger partial charge < -0.3 is 0 Å². The molecule has 0 radical (unpaired) electrons. The van der Waals surface area contributed by atoms with Crippen LogP contribution in [0, 0.1) is 0 Å². The normalized spacial score (nSPS) is 12.0. The minimum absolute atomic E-state index is 1.29. The third-order valence-electron chi connectivity index (χ3n) is 3.65. The highest BCUT2D eigenvalue weighted by Crippen LogP contribution is 2.19. The number of hydrogen-bond acceptors (Lipinski definition) is 0. The van der Waals surface area contributed by atoms with Crippen molar-refractivity contribution in [2.75, 3.05) is 4.43 Å². The lowest BCUT2D eigenvalue weighted by atomic mass is 10.1. The summed E-state index contributed by atoms with van der Waals surface area (Å²) in [5, 5.41) is 0. The van der Waals surface area contributed by atoms with Gasteiger partial charge in [0.05, 0.1) is 0 Å². The van der Waals surface area contributed by atoms with E-state index in [-0.39, 0.29) is 0 Å².